The zero-order valence-corrected chi connectivity index (χ0v) is 23.6. The highest BCUT2D eigenvalue weighted by Crippen LogP contribution is 2.33. The van der Waals surface area contributed by atoms with Crippen LogP contribution in [0, 0.1) is 11.7 Å². The fourth-order valence-corrected chi connectivity index (χ4v) is 7.54. The lowest BCUT2D eigenvalue weighted by molar-refractivity contribution is -0.123. The highest BCUT2D eigenvalue weighted by Gasteiger charge is 2.35. The standard InChI is InChI=1S/C27H33FN4O5S2/c1-36-21-6-8-22(9-7-21)39(34,35)31-14-10-20(11-15-31)26(33)32(13-3-12-30-16-18-37-19-17-30)27-29-25-23(28)4-2-5-24(25)38-27/h2,4-9,20H,3,10-19H2,1H3. The van der Waals surface area contributed by atoms with E-state index in [-0.39, 0.29) is 35.3 Å². The Bertz CT molecular complexity index is 1380. The van der Waals surface area contributed by atoms with Crippen LogP contribution in [0.5, 0.6) is 5.75 Å². The van der Waals surface area contributed by atoms with Gasteiger partial charge in [0.05, 0.1) is 29.9 Å². The number of anilines is 1. The molecule has 2 aliphatic rings. The number of carbonyl (C=O) groups is 1. The fourth-order valence-electron chi connectivity index (χ4n) is 5.06. The number of hydrogen-bond donors (Lipinski definition) is 0. The van der Waals surface area contributed by atoms with Gasteiger partial charge in [-0.3, -0.25) is 14.6 Å². The van der Waals surface area contributed by atoms with Gasteiger partial charge >= 0.3 is 0 Å². The zero-order valence-electron chi connectivity index (χ0n) is 21.9. The minimum Gasteiger partial charge on any atom is -0.497 e. The Morgan fingerprint density at radius 3 is 2.51 bits per heavy atom. The molecule has 1 aromatic heterocycles. The summed E-state index contributed by atoms with van der Waals surface area (Å²) < 4.78 is 53.4. The highest BCUT2D eigenvalue weighted by molar-refractivity contribution is 7.89. The Balaban J connectivity index is 1.29. The number of rotatable bonds is 9. The van der Waals surface area contributed by atoms with Crippen molar-refractivity contribution >= 4 is 42.6 Å². The molecule has 9 nitrogen and oxygen atoms in total. The molecule has 12 heteroatoms. The van der Waals surface area contributed by atoms with Crippen LogP contribution in [0.25, 0.3) is 10.2 Å². The number of carbonyl (C=O) groups excluding carboxylic acids is 1. The number of aromatic nitrogens is 1. The van der Waals surface area contributed by atoms with E-state index in [1.165, 1.54) is 41.0 Å². The van der Waals surface area contributed by atoms with Gasteiger partial charge in [0.2, 0.25) is 15.9 Å². The first-order valence-corrected chi connectivity index (χ1v) is 15.4. The molecule has 3 aromatic rings. The number of piperidine rings is 1. The van der Waals surface area contributed by atoms with E-state index >= 15 is 0 Å². The normalized spacial score (nSPS) is 17.9. The van der Waals surface area contributed by atoms with E-state index < -0.39 is 15.8 Å². The second-order valence-corrected chi connectivity index (χ2v) is 12.7. The van der Waals surface area contributed by atoms with Gasteiger partial charge in [0, 0.05) is 45.2 Å². The second-order valence-electron chi connectivity index (χ2n) is 9.73. The predicted molar refractivity (Wildman–Crippen MR) is 148 cm³/mol. The number of methoxy groups -OCH3 is 1. The first kappa shape index (κ1) is 27.9. The summed E-state index contributed by atoms with van der Waals surface area (Å²) in [4.78, 5) is 22.5. The predicted octanol–water partition coefficient (Wildman–Crippen LogP) is 3.60. The maximum atomic E-state index is 14.4. The van der Waals surface area contributed by atoms with Gasteiger partial charge in [-0.1, -0.05) is 17.4 Å². The molecule has 0 radical (unpaired) electrons. The Morgan fingerprint density at radius 1 is 1.13 bits per heavy atom. The molecule has 39 heavy (non-hydrogen) atoms. The van der Waals surface area contributed by atoms with Crippen molar-refractivity contribution in [3.05, 3.63) is 48.3 Å². The van der Waals surface area contributed by atoms with Crippen LogP contribution >= 0.6 is 11.3 Å². The van der Waals surface area contributed by atoms with Crippen molar-refractivity contribution in [1.29, 1.82) is 0 Å². The van der Waals surface area contributed by atoms with Gasteiger partial charge in [0.1, 0.15) is 17.1 Å². The number of halogens is 1. The third kappa shape index (κ3) is 6.25. The zero-order chi connectivity index (χ0) is 27.4. The molecule has 2 saturated heterocycles. The van der Waals surface area contributed by atoms with Gasteiger partial charge in [-0.2, -0.15) is 4.31 Å². The summed E-state index contributed by atoms with van der Waals surface area (Å²) in [5, 5.41) is 0.482. The van der Waals surface area contributed by atoms with Crippen molar-refractivity contribution in [2.24, 2.45) is 5.92 Å². The third-order valence-electron chi connectivity index (χ3n) is 7.32. The molecule has 0 atom stereocenters. The third-order valence-corrected chi connectivity index (χ3v) is 10.3. The molecular formula is C27H33FN4O5S2. The van der Waals surface area contributed by atoms with Gasteiger partial charge < -0.3 is 9.47 Å². The van der Waals surface area contributed by atoms with Crippen LogP contribution in [0.15, 0.2) is 47.4 Å². The molecule has 0 N–H and O–H groups in total. The molecule has 2 fully saturated rings. The van der Waals surface area contributed by atoms with E-state index in [9.17, 15) is 17.6 Å². The average Bonchev–Trinajstić information content (AvgIpc) is 3.41. The van der Waals surface area contributed by atoms with Crippen molar-refractivity contribution in [3.63, 3.8) is 0 Å². The first-order valence-electron chi connectivity index (χ1n) is 13.2. The number of amides is 1. The van der Waals surface area contributed by atoms with Crippen LogP contribution in [-0.2, 0) is 19.6 Å². The molecule has 5 rings (SSSR count). The van der Waals surface area contributed by atoms with E-state index in [0.29, 0.717) is 48.2 Å². The van der Waals surface area contributed by atoms with E-state index in [0.717, 1.165) is 26.1 Å². The number of sulfonamides is 1. The summed E-state index contributed by atoms with van der Waals surface area (Å²) in [5.74, 6) is -0.250. The lowest BCUT2D eigenvalue weighted by Crippen LogP contribution is -2.45. The van der Waals surface area contributed by atoms with Crippen molar-refractivity contribution in [2.75, 3.05) is 64.5 Å². The largest absolute Gasteiger partial charge is 0.497 e. The Morgan fingerprint density at radius 2 is 1.85 bits per heavy atom. The van der Waals surface area contributed by atoms with E-state index in [4.69, 9.17) is 9.47 Å². The minimum atomic E-state index is -3.67. The highest BCUT2D eigenvalue weighted by atomic mass is 32.2. The SMILES string of the molecule is COc1ccc(S(=O)(=O)N2CCC(C(=O)N(CCCN3CCOCC3)c3nc4c(F)cccc4s3)CC2)cc1. The van der Waals surface area contributed by atoms with Crippen molar-refractivity contribution in [1.82, 2.24) is 14.2 Å². The monoisotopic (exact) mass is 576 g/mol. The van der Waals surface area contributed by atoms with Crippen molar-refractivity contribution in [3.8, 4) is 5.75 Å². The van der Waals surface area contributed by atoms with Gasteiger partial charge in [-0.05, 0) is 55.7 Å². The smallest absolute Gasteiger partial charge is 0.243 e. The van der Waals surface area contributed by atoms with Crippen LogP contribution in [-0.4, -0.2) is 88.1 Å². The van der Waals surface area contributed by atoms with Gasteiger partial charge in [-0.25, -0.2) is 17.8 Å². The fraction of sp³-hybridized carbons (Fsp3) is 0.481. The molecule has 1 amide bonds. The number of hydrogen-bond acceptors (Lipinski definition) is 8. The van der Waals surface area contributed by atoms with Crippen LogP contribution in [0.3, 0.4) is 0 Å². The maximum absolute atomic E-state index is 14.4. The van der Waals surface area contributed by atoms with Crippen LogP contribution in [0.2, 0.25) is 0 Å². The lowest BCUT2D eigenvalue weighted by Gasteiger charge is -2.33. The quantitative estimate of drug-likeness (QED) is 0.384. The molecular weight excluding hydrogens is 543 g/mol. The molecule has 0 aliphatic carbocycles. The molecule has 0 spiro atoms. The van der Waals surface area contributed by atoms with Gasteiger partial charge in [0.15, 0.2) is 5.13 Å². The van der Waals surface area contributed by atoms with Crippen LogP contribution in [0.1, 0.15) is 19.3 Å². The minimum absolute atomic E-state index is 0.0852. The average molecular weight is 577 g/mol. The Kier molecular flexibility index (Phi) is 8.77. The topological polar surface area (TPSA) is 92.3 Å². The Labute approximate surface area is 232 Å². The van der Waals surface area contributed by atoms with E-state index in [1.807, 2.05) is 0 Å². The molecule has 2 aliphatic heterocycles. The summed E-state index contributed by atoms with van der Waals surface area (Å²) >= 11 is 1.31. The number of nitrogens with zero attached hydrogens (tertiary/aromatic N) is 4. The summed E-state index contributed by atoms with van der Waals surface area (Å²) in [5.41, 5.74) is 0.267. The molecule has 210 valence electrons. The van der Waals surface area contributed by atoms with E-state index in [2.05, 4.69) is 9.88 Å². The Hall–Kier alpha value is -2.64. The number of morpholine rings is 1. The van der Waals surface area contributed by atoms with Crippen LogP contribution < -0.4 is 9.64 Å². The summed E-state index contributed by atoms with van der Waals surface area (Å²) in [7, 11) is -2.14. The second kappa shape index (κ2) is 12.3. The first-order chi connectivity index (χ1) is 18.9. The number of ether oxygens (including phenoxy) is 2. The van der Waals surface area contributed by atoms with Crippen LogP contribution in [0.4, 0.5) is 9.52 Å². The van der Waals surface area contributed by atoms with Gasteiger partial charge in [0.25, 0.3) is 0 Å². The van der Waals surface area contributed by atoms with Gasteiger partial charge in [-0.15, -0.1) is 0 Å². The summed E-state index contributed by atoms with van der Waals surface area (Å²) in [6, 6.07) is 11.1. The number of benzene rings is 2. The number of para-hydroxylation sites is 1. The van der Waals surface area contributed by atoms with Crippen molar-refractivity contribution in [2.45, 2.75) is 24.2 Å². The van der Waals surface area contributed by atoms with Crippen molar-refractivity contribution < 1.29 is 27.1 Å². The maximum Gasteiger partial charge on any atom is 0.243 e. The molecule has 3 heterocycles. The number of thiazole rings is 1. The lowest BCUT2D eigenvalue weighted by atomic mass is 9.96. The van der Waals surface area contributed by atoms with E-state index in [1.54, 1.807) is 29.2 Å². The summed E-state index contributed by atoms with van der Waals surface area (Å²) in [6.45, 7) is 4.92. The molecule has 0 unspecified atom stereocenters. The molecule has 0 saturated carbocycles. The summed E-state index contributed by atoms with van der Waals surface area (Å²) in [6.07, 6.45) is 1.57. The number of fused-ring (bicyclic) bond motifs is 1. The molecule has 2 aromatic carbocycles. The molecule has 0 bridgehead atoms.